The maximum atomic E-state index is 12.8. The summed E-state index contributed by atoms with van der Waals surface area (Å²) >= 11 is 0. The Kier molecular flexibility index (Phi) is 4.47. The van der Waals surface area contributed by atoms with E-state index in [2.05, 4.69) is 10.6 Å². The van der Waals surface area contributed by atoms with Crippen LogP contribution in [0.3, 0.4) is 0 Å². The minimum absolute atomic E-state index is 0.134. The largest absolute Gasteiger partial charge is 0.353 e. The van der Waals surface area contributed by atoms with Crippen molar-refractivity contribution in [3.8, 4) is 0 Å². The van der Waals surface area contributed by atoms with E-state index < -0.39 is 10.0 Å². The van der Waals surface area contributed by atoms with Gasteiger partial charge in [-0.25, -0.2) is 8.42 Å². The van der Waals surface area contributed by atoms with E-state index in [9.17, 15) is 13.2 Å². The molecule has 0 saturated carbocycles. The van der Waals surface area contributed by atoms with Crippen molar-refractivity contribution in [3.63, 3.8) is 0 Å². The lowest BCUT2D eigenvalue weighted by Gasteiger charge is -2.19. The topological polar surface area (TPSA) is 78.5 Å². The Hall–Kier alpha value is -2.12. The molecule has 1 aliphatic heterocycles. The third-order valence-electron chi connectivity index (χ3n) is 4.13. The molecular formula is C17H21N3O3S. The van der Waals surface area contributed by atoms with E-state index >= 15 is 0 Å². The van der Waals surface area contributed by atoms with Crippen LogP contribution in [-0.4, -0.2) is 40.0 Å². The Bertz CT molecular complexity index is 875. The van der Waals surface area contributed by atoms with Crippen molar-refractivity contribution in [2.45, 2.75) is 24.8 Å². The molecule has 0 aromatic heterocycles. The fourth-order valence-corrected chi connectivity index (χ4v) is 4.67. The second-order valence-corrected chi connectivity index (χ2v) is 7.74. The molecule has 7 heteroatoms. The first-order chi connectivity index (χ1) is 11.4. The van der Waals surface area contributed by atoms with E-state index in [-0.39, 0.29) is 23.4 Å². The van der Waals surface area contributed by atoms with Crippen LogP contribution in [0.2, 0.25) is 0 Å². The number of anilines is 1. The third kappa shape index (κ3) is 2.85. The Balaban J connectivity index is 1.83. The first-order valence-corrected chi connectivity index (χ1v) is 9.43. The van der Waals surface area contributed by atoms with Crippen molar-refractivity contribution in [2.24, 2.45) is 0 Å². The molecule has 2 aromatic rings. The molecular weight excluding hydrogens is 326 g/mol. The highest BCUT2D eigenvalue weighted by molar-refractivity contribution is 7.93. The number of likely N-dealkylation sites (N-methyl/N-ethyl adjacent to an activating group) is 1. The molecule has 1 heterocycles. The van der Waals surface area contributed by atoms with Crippen LogP contribution in [0.25, 0.3) is 10.8 Å². The number of hydrogen-bond donors (Lipinski definition) is 2. The molecule has 3 rings (SSSR count). The number of benzene rings is 2. The molecule has 0 bridgehead atoms. The highest BCUT2D eigenvalue weighted by Gasteiger charge is 2.36. The van der Waals surface area contributed by atoms with Crippen LogP contribution in [0, 0.1) is 0 Å². The van der Waals surface area contributed by atoms with Crippen LogP contribution in [-0.2, 0) is 14.8 Å². The lowest BCUT2D eigenvalue weighted by atomic mass is 10.1. The number of sulfonamides is 1. The fraction of sp³-hybridized carbons (Fsp3) is 0.353. The van der Waals surface area contributed by atoms with Gasteiger partial charge in [0.05, 0.1) is 10.6 Å². The van der Waals surface area contributed by atoms with Crippen LogP contribution in [0.5, 0.6) is 0 Å². The molecule has 2 N–H and O–H groups in total. The van der Waals surface area contributed by atoms with E-state index in [0.717, 1.165) is 11.9 Å². The molecule has 0 unspecified atom stereocenters. The van der Waals surface area contributed by atoms with Crippen molar-refractivity contribution in [1.82, 2.24) is 10.6 Å². The van der Waals surface area contributed by atoms with E-state index in [1.54, 1.807) is 24.3 Å². The van der Waals surface area contributed by atoms with Gasteiger partial charge in [0.1, 0.15) is 6.54 Å². The fourth-order valence-electron chi connectivity index (χ4n) is 3.00. The molecule has 2 aromatic carbocycles. The molecule has 0 radical (unpaired) electrons. The average Bonchev–Trinajstić information content (AvgIpc) is 2.77. The van der Waals surface area contributed by atoms with Crippen molar-refractivity contribution in [2.75, 3.05) is 23.9 Å². The van der Waals surface area contributed by atoms with E-state index in [4.69, 9.17) is 0 Å². The SMILES string of the molecule is CCN[C@H](C)CNC(=O)CN1c2cccc3cccc(c23)S1(=O)=O. The smallest absolute Gasteiger partial charge is 0.265 e. The molecule has 0 fully saturated rings. The molecule has 0 spiro atoms. The summed E-state index contributed by atoms with van der Waals surface area (Å²) in [5.74, 6) is -0.312. The van der Waals surface area contributed by atoms with Crippen LogP contribution in [0.15, 0.2) is 41.3 Å². The molecule has 1 aliphatic rings. The number of rotatable bonds is 6. The van der Waals surface area contributed by atoms with Crippen molar-refractivity contribution >= 4 is 32.4 Å². The van der Waals surface area contributed by atoms with Crippen molar-refractivity contribution in [1.29, 1.82) is 0 Å². The molecule has 24 heavy (non-hydrogen) atoms. The summed E-state index contributed by atoms with van der Waals surface area (Å²) in [6.45, 7) is 5.02. The maximum Gasteiger partial charge on any atom is 0.265 e. The second-order valence-electron chi connectivity index (χ2n) is 5.91. The van der Waals surface area contributed by atoms with E-state index in [1.807, 2.05) is 26.0 Å². The summed E-state index contributed by atoms with van der Waals surface area (Å²) in [7, 11) is -3.69. The van der Waals surface area contributed by atoms with E-state index in [1.165, 1.54) is 4.31 Å². The molecule has 0 saturated heterocycles. The van der Waals surface area contributed by atoms with Crippen molar-refractivity contribution < 1.29 is 13.2 Å². The average molecular weight is 347 g/mol. The van der Waals surface area contributed by atoms with Gasteiger partial charge in [0.25, 0.3) is 10.0 Å². The summed E-state index contributed by atoms with van der Waals surface area (Å²) in [5.41, 5.74) is 0.568. The van der Waals surface area contributed by atoms with Gasteiger partial charge in [0.15, 0.2) is 0 Å². The van der Waals surface area contributed by atoms with Gasteiger partial charge in [0.2, 0.25) is 5.91 Å². The second kappa shape index (κ2) is 6.41. The van der Waals surface area contributed by atoms with Crippen molar-refractivity contribution in [3.05, 3.63) is 36.4 Å². The number of hydrogen-bond acceptors (Lipinski definition) is 4. The zero-order valence-corrected chi connectivity index (χ0v) is 14.6. The van der Waals surface area contributed by atoms with Gasteiger partial charge in [-0.1, -0.05) is 31.2 Å². The molecule has 1 amide bonds. The maximum absolute atomic E-state index is 12.8. The van der Waals surface area contributed by atoms with Gasteiger partial charge in [-0.05, 0) is 31.0 Å². The predicted molar refractivity (Wildman–Crippen MR) is 94.6 cm³/mol. The highest BCUT2D eigenvalue weighted by Crippen LogP contribution is 2.41. The lowest BCUT2D eigenvalue weighted by Crippen LogP contribution is -2.44. The van der Waals surface area contributed by atoms with Gasteiger partial charge in [-0.2, -0.15) is 0 Å². The highest BCUT2D eigenvalue weighted by atomic mass is 32.2. The standard InChI is InChI=1S/C17H21N3O3S/c1-3-18-12(2)10-19-16(21)11-20-14-8-4-6-13-7-5-9-15(17(13)14)24(20,22)23/h4-9,12,18H,3,10-11H2,1-2H3,(H,19,21)/t12-/m1/s1. The first-order valence-electron chi connectivity index (χ1n) is 7.99. The molecule has 128 valence electrons. The van der Waals surface area contributed by atoms with Crippen LogP contribution < -0.4 is 14.9 Å². The van der Waals surface area contributed by atoms with Gasteiger partial charge in [-0.3, -0.25) is 9.10 Å². The summed E-state index contributed by atoms with van der Waals surface area (Å²) in [6.07, 6.45) is 0. The Morgan fingerprint density at radius 1 is 1.21 bits per heavy atom. The number of carbonyl (C=O) groups is 1. The minimum atomic E-state index is -3.69. The Labute approximate surface area is 141 Å². The van der Waals surface area contributed by atoms with Gasteiger partial charge in [-0.15, -0.1) is 0 Å². The predicted octanol–water partition coefficient (Wildman–Crippen LogP) is 1.46. The number of nitrogens with zero attached hydrogens (tertiary/aromatic N) is 1. The Morgan fingerprint density at radius 3 is 2.62 bits per heavy atom. The van der Waals surface area contributed by atoms with Gasteiger partial charge in [0, 0.05) is 18.0 Å². The zero-order chi connectivity index (χ0) is 17.3. The lowest BCUT2D eigenvalue weighted by molar-refractivity contribution is -0.119. The summed E-state index contributed by atoms with van der Waals surface area (Å²) in [4.78, 5) is 12.5. The van der Waals surface area contributed by atoms with Crippen LogP contribution in [0.4, 0.5) is 5.69 Å². The quantitative estimate of drug-likeness (QED) is 0.829. The zero-order valence-electron chi connectivity index (χ0n) is 13.7. The first kappa shape index (κ1) is 16.7. The number of nitrogens with one attached hydrogen (secondary N) is 2. The normalized spacial score (nSPS) is 16.3. The number of carbonyl (C=O) groups excluding carboxylic acids is 1. The van der Waals surface area contributed by atoms with Gasteiger partial charge < -0.3 is 10.6 Å². The van der Waals surface area contributed by atoms with Crippen LogP contribution in [0.1, 0.15) is 13.8 Å². The minimum Gasteiger partial charge on any atom is -0.353 e. The summed E-state index contributed by atoms with van der Waals surface area (Å²) in [5, 5.41) is 7.52. The number of amides is 1. The van der Waals surface area contributed by atoms with E-state index in [0.29, 0.717) is 17.6 Å². The molecule has 0 aliphatic carbocycles. The van der Waals surface area contributed by atoms with Crippen LogP contribution >= 0.6 is 0 Å². The summed E-state index contributed by atoms with van der Waals surface area (Å²) in [6, 6.07) is 10.7. The third-order valence-corrected chi connectivity index (χ3v) is 5.93. The monoisotopic (exact) mass is 347 g/mol. The van der Waals surface area contributed by atoms with Gasteiger partial charge >= 0.3 is 0 Å². The summed E-state index contributed by atoms with van der Waals surface area (Å²) < 4.78 is 26.7. The Morgan fingerprint density at radius 2 is 1.92 bits per heavy atom. The molecule has 1 atom stereocenters. The molecule has 6 nitrogen and oxygen atoms in total.